The lowest BCUT2D eigenvalue weighted by molar-refractivity contribution is -0.131. The van der Waals surface area contributed by atoms with E-state index < -0.39 is 8.96 Å². The Morgan fingerprint density at radius 1 is 1.48 bits per heavy atom. The minimum absolute atomic E-state index is 0.0268. The van der Waals surface area contributed by atoms with Crippen LogP contribution in [0.4, 0.5) is 0 Å². The van der Waals surface area contributed by atoms with Crippen molar-refractivity contribution in [3.63, 3.8) is 0 Å². The predicted molar refractivity (Wildman–Crippen MR) is 78.8 cm³/mol. The van der Waals surface area contributed by atoms with Gasteiger partial charge in [-0.25, -0.2) is 0 Å². The van der Waals surface area contributed by atoms with E-state index in [9.17, 15) is 9.59 Å². The molecule has 0 aromatic heterocycles. The fourth-order valence-corrected chi connectivity index (χ4v) is 3.31. The molecule has 1 radical (unpaired) electrons. The van der Waals surface area contributed by atoms with Crippen molar-refractivity contribution in [1.82, 2.24) is 9.88 Å². The third-order valence-electron chi connectivity index (χ3n) is 3.40. The largest absolute Gasteiger partial charge is 0.491 e. The molecule has 0 spiro atoms. The Morgan fingerprint density at radius 2 is 2.29 bits per heavy atom. The fourth-order valence-electron chi connectivity index (χ4n) is 2.23. The summed E-state index contributed by atoms with van der Waals surface area (Å²) in [7, 11) is -1.38. The second-order valence-electron chi connectivity index (χ2n) is 4.80. The topological polar surface area (TPSA) is 78.9 Å². The van der Waals surface area contributed by atoms with Gasteiger partial charge in [0.25, 0.3) is 0 Å². The zero-order valence-corrected chi connectivity index (χ0v) is 12.7. The van der Waals surface area contributed by atoms with Gasteiger partial charge >= 0.3 is 0 Å². The van der Waals surface area contributed by atoms with Crippen LogP contribution in [0.1, 0.15) is 12.0 Å². The number of nitrogens with zero attached hydrogens (tertiary/aromatic N) is 1. The van der Waals surface area contributed by atoms with Crippen molar-refractivity contribution in [2.45, 2.75) is 19.0 Å². The van der Waals surface area contributed by atoms with Gasteiger partial charge in [-0.15, -0.1) is 0 Å². The standard InChI is InChI=1S/C14H19N2O4Si/c17-10-15-21(11-18)8-5-14(19)16-6-7-20-13-4-2-1-3-12(13)9-16/h1-4,10,18H,5-9,11H2,(H,15,17). The highest BCUT2D eigenvalue weighted by molar-refractivity contribution is 6.58. The van der Waals surface area contributed by atoms with E-state index in [1.807, 2.05) is 24.3 Å². The molecule has 6 nitrogen and oxygen atoms in total. The molecule has 1 heterocycles. The lowest BCUT2D eigenvalue weighted by Crippen LogP contribution is -2.39. The summed E-state index contributed by atoms with van der Waals surface area (Å²) in [4.78, 5) is 27.0. The van der Waals surface area contributed by atoms with Gasteiger partial charge in [-0.2, -0.15) is 0 Å². The van der Waals surface area contributed by atoms with Gasteiger partial charge in [0.1, 0.15) is 12.4 Å². The minimum Gasteiger partial charge on any atom is -0.491 e. The van der Waals surface area contributed by atoms with Gasteiger partial charge in [0, 0.05) is 18.5 Å². The number of hydrogen-bond acceptors (Lipinski definition) is 4. The summed E-state index contributed by atoms with van der Waals surface area (Å²) < 4.78 is 5.63. The second kappa shape index (κ2) is 7.80. The van der Waals surface area contributed by atoms with Gasteiger partial charge in [0.05, 0.1) is 12.8 Å². The van der Waals surface area contributed by atoms with Crippen LogP contribution in [0, 0.1) is 0 Å². The average Bonchev–Trinajstić information content (AvgIpc) is 2.73. The molecular formula is C14H19N2O4Si. The summed E-state index contributed by atoms with van der Waals surface area (Å²) in [6.07, 6.45) is 0.853. The van der Waals surface area contributed by atoms with Crippen LogP contribution in [0.15, 0.2) is 24.3 Å². The molecule has 0 saturated heterocycles. The second-order valence-corrected chi connectivity index (χ2v) is 7.11. The number of carbonyl (C=O) groups excluding carboxylic acids is 2. The molecule has 0 bridgehead atoms. The zero-order valence-electron chi connectivity index (χ0n) is 11.7. The summed E-state index contributed by atoms with van der Waals surface area (Å²) in [5, 5.41) is 9.13. The summed E-state index contributed by atoms with van der Waals surface area (Å²) >= 11 is 0. The van der Waals surface area contributed by atoms with E-state index in [0.29, 0.717) is 38.6 Å². The van der Waals surface area contributed by atoms with Gasteiger partial charge in [0.2, 0.25) is 5.91 Å². The van der Waals surface area contributed by atoms with Crippen LogP contribution in [-0.2, 0) is 16.1 Å². The average molecular weight is 307 g/mol. The van der Waals surface area contributed by atoms with E-state index in [0.717, 1.165) is 11.3 Å². The predicted octanol–water partition coefficient (Wildman–Crippen LogP) is 0.0667. The Labute approximate surface area is 125 Å². The maximum absolute atomic E-state index is 12.3. The van der Waals surface area contributed by atoms with Gasteiger partial charge in [-0.1, -0.05) is 18.2 Å². The molecule has 1 aliphatic heterocycles. The monoisotopic (exact) mass is 307 g/mol. The van der Waals surface area contributed by atoms with E-state index in [4.69, 9.17) is 9.84 Å². The SMILES string of the molecule is O=CN[Si](CO)CCC(=O)N1CCOc2ccccc2C1. The first-order chi connectivity index (χ1) is 10.2. The molecule has 0 aliphatic carbocycles. The maximum atomic E-state index is 12.3. The number of benzene rings is 1. The molecule has 0 saturated carbocycles. The Hall–Kier alpha value is -1.86. The molecule has 2 rings (SSSR count). The van der Waals surface area contributed by atoms with Crippen molar-refractivity contribution in [2.24, 2.45) is 0 Å². The van der Waals surface area contributed by atoms with Crippen molar-refractivity contribution in [2.75, 3.05) is 19.4 Å². The maximum Gasteiger partial charge on any atom is 0.222 e. The molecule has 7 heteroatoms. The van der Waals surface area contributed by atoms with Crippen molar-refractivity contribution in [3.05, 3.63) is 29.8 Å². The lowest BCUT2D eigenvalue weighted by atomic mass is 10.2. The van der Waals surface area contributed by atoms with Crippen LogP contribution in [-0.4, -0.2) is 50.7 Å². The number of carbonyl (C=O) groups is 2. The highest BCUT2D eigenvalue weighted by atomic mass is 28.3. The molecular weight excluding hydrogens is 288 g/mol. The first-order valence-electron chi connectivity index (χ1n) is 6.89. The highest BCUT2D eigenvalue weighted by Gasteiger charge is 2.21. The van der Waals surface area contributed by atoms with Gasteiger partial charge in [-0.3, -0.25) is 9.59 Å². The van der Waals surface area contributed by atoms with E-state index in [1.165, 1.54) is 0 Å². The van der Waals surface area contributed by atoms with Crippen LogP contribution in [0.3, 0.4) is 0 Å². The molecule has 0 unspecified atom stereocenters. The summed E-state index contributed by atoms with van der Waals surface area (Å²) in [5.74, 6) is 0.856. The normalized spacial score (nSPS) is 14.1. The number of fused-ring (bicyclic) bond motifs is 1. The third-order valence-corrected chi connectivity index (χ3v) is 5.16. The van der Waals surface area contributed by atoms with Crippen molar-refractivity contribution >= 4 is 21.3 Å². The number of hydrogen-bond donors (Lipinski definition) is 2. The number of aliphatic hydroxyl groups excluding tert-OH is 1. The zero-order chi connectivity index (χ0) is 15.1. The summed E-state index contributed by atoms with van der Waals surface area (Å²) in [5.41, 5.74) is 1.00. The quantitative estimate of drug-likeness (QED) is 0.576. The smallest absolute Gasteiger partial charge is 0.222 e. The summed E-state index contributed by atoms with van der Waals surface area (Å²) in [6, 6.07) is 8.23. The Kier molecular flexibility index (Phi) is 5.76. The summed E-state index contributed by atoms with van der Waals surface area (Å²) in [6.45, 7) is 1.57. The molecule has 0 fully saturated rings. The van der Waals surface area contributed by atoms with E-state index in [1.54, 1.807) is 4.90 Å². The number of ether oxygens (including phenoxy) is 1. The molecule has 2 amide bonds. The van der Waals surface area contributed by atoms with Crippen LogP contribution in [0.5, 0.6) is 5.75 Å². The van der Waals surface area contributed by atoms with Gasteiger partial charge in [0.15, 0.2) is 15.4 Å². The number of para-hydroxylation sites is 1. The van der Waals surface area contributed by atoms with Gasteiger partial charge < -0.3 is 19.7 Å². The molecule has 0 atom stereocenters. The van der Waals surface area contributed by atoms with Crippen LogP contribution >= 0.6 is 0 Å². The van der Waals surface area contributed by atoms with Gasteiger partial charge in [-0.05, 0) is 12.1 Å². The Bertz CT molecular complexity index is 498. The highest BCUT2D eigenvalue weighted by Crippen LogP contribution is 2.22. The Balaban J connectivity index is 1.92. The Morgan fingerprint density at radius 3 is 3.05 bits per heavy atom. The van der Waals surface area contributed by atoms with Crippen LogP contribution < -0.4 is 9.72 Å². The molecule has 2 N–H and O–H groups in total. The van der Waals surface area contributed by atoms with Crippen molar-refractivity contribution < 1.29 is 19.4 Å². The van der Waals surface area contributed by atoms with Crippen LogP contribution in [0.2, 0.25) is 6.04 Å². The van der Waals surface area contributed by atoms with E-state index >= 15 is 0 Å². The molecule has 113 valence electrons. The van der Waals surface area contributed by atoms with Crippen LogP contribution in [0.25, 0.3) is 0 Å². The van der Waals surface area contributed by atoms with E-state index in [-0.39, 0.29) is 12.1 Å². The molecule has 1 aromatic rings. The first kappa shape index (κ1) is 15.5. The third kappa shape index (κ3) is 4.30. The molecule has 21 heavy (non-hydrogen) atoms. The molecule has 1 aromatic carbocycles. The fraction of sp³-hybridized carbons (Fsp3) is 0.429. The lowest BCUT2D eigenvalue weighted by Gasteiger charge is -2.20. The molecule has 1 aliphatic rings. The minimum atomic E-state index is -1.38. The van der Waals surface area contributed by atoms with Crippen molar-refractivity contribution in [1.29, 1.82) is 0 Å². The van der Waals surface area contributed by atoms with E-state index in [2.05, 4.69) is 4.98 Å². The van der Waals surface area contributed by atoms with Crippen molar-refractivity contribution in [3.8, 4) is 5.75 Å². The first-order valence-corrected chi connectivity index (χ1v) is 8.80. The number of nitrogens with one attached hydrogen (secondary N) is 1. The number of amides is 2. The number of rotatable bonds is 6. The number of aliphatic hydroxyl groups is 1.